The second-order valence-electron chi connectivity index (χ2n) is 12.7. The summed E-state index contributed by atoms with van der Waals surface area (Å²) in [5, 5.41) is 42.3. The zero-order valence-corrected chi connectivity index (χ0v) is 20.8. The maximum absolute atomic E-state index is 14.4. The topological polar surface area (TPSA) is 98.0 Å². The second-order valence-corrected chi connectivity index (χ2v) is 12.7. The van der Waals surface area contributed by atoms with Crippen LogP contribution in [0.5, 0.6) is 0 Å². The quantitative estimate of drug-likeness (QED) is 0.463. The van der Waals surface area contributed by atoms with Crippen molar-refractivity contribution in [1.29, 1.82) is 0 Å². The molecule has 5 nitrogen and oxygen atoms in total. The van der Waals surface area contributed by atoms with Gasteiger partial charge in [0, 0.05) is 0 Å². The Balaban J connectivity index is 1.52. The Morgan fingerprint density at radius 3 is 2.36 bits per heavy atom. The lowest BCUT2D eigenvalue weighted by Gasteiger charge is -2.63. The van der Waals surface area contributed by atoms with Crippen molar-refractivity contribution in [3.63, 3.8) is 0 Å². The molecule has 6 heteroatoms. The zero-order valence-electron chi connectivity index (χ0n) is 20.8. The summed E-state index contributed by atoms with van der Waals surface area (Å²) >= 11 is 0. The fourth-order valence-corrected chi connectivity index (χ4v) is 9.16. The maximum atomic E-state index is 14.4. The minimum atomic E-state index is -1.35. The highest BCUT2D eigenvalue weighted by molar-refractivity contribution is 5.70. The number of fused-ring (bicyclic) bond motifs is 5. The van der Waals surface area contributed by atoms with Crippen LogP contribution in [-0.4, -0.2) is 50.9 Å². The molecule has 0 aromatic rings. The van der Waals surface area contributed by atoms with Crippen LogP contribution in [0.15, 0.2) is 0 Å². The van der Waals surface area contributed by atoms with Gasteiger partial charge in [0.1, 0.15) is 6.17 Å². The Morgan fingerprint density at radius 1 is 1.00 bits per heavy atom. The molecule has 0 unspecified atom stereocenters. The molecule has 4 aliphatic rings. The summed E-state index contributed by atoms with van der Waals surface area (Å²) in [6.07, 6.45) is 4.30. The number of aliphatic hydroxyl groups excluding tert-OH is 3. The van der Waals surface area contributed by atoms with E-state index in [-0.39, 0.29) is 52.9 Å². The Labute approximate surface area is 198 Å². The summed E-state index contributed by atoms with van der Waals surface area (Å²) in [5.41, 5.74) is -0.243. The lowest BCUT2D eigenvalue weighted by molar-refractivity contribution is -0.207. The average molecular weight is 469 g/mol. The molecule has 4 aliphatic carbocycles. The summed E-state index contributed by atoms with van der Waals surface area (Å²) in [6, 6.07) is 0. The van der Waals surface area contributed by atoms with E-state index in [2.05, 4.69) is 20.8 Å². The van der Waals surface area contributed by atoms with Crippen LogP contribution in [0.4, 0.5) is 4.39 Å². The van der Waals surface area contributed by atoms with Gasteiger partial charge in [-0.05, 0) is 111 Å². The highest BCUT2D eigenvalue weighted by Crippen LogP contribution is 2.68. The van der Waals surface area contributed by atoms with Gasteiger partial charge in [0.15, 0.2) is 0 Å². The first kappa shape index (κ1) is 25.4. The molecule has 0 amide bonds. The molecule has 0 radical (unpaired) electrons. The standard InChI is InChI=1S/C27H45FO5/c1-14(5-8-21(28)15(2)25(32)33)18-6-7-19-24-20(13-23(31)27(18,19)4)26(3)10-9-17(29)11-16(26)12-22(24)30/h14-24,29-31H,5-13H2,1-4H3,(H,32,33)/t14-,15+,16+,17-,18-,19+,20+,21+,22-,23+,24+,26+,27-/m1/s1. The van der Waals surface area contributed by atoms with Gasteiger partial charge >= 0.3 is 5.97 Å². The first-order valence-electron chi connectivity index (χ1n) is 13.3. The highest BCUT2D eigenvalue weighted by atomic mass is 19.1. The van der Waals surface area contributed by atoms with Crippen LogP contribution in [0.2, 0.25) is 0 Å². The van der Waals surface area contributed by atoms with Crippen LogP contribution >= 0.6 is 0 Å². The van der Waals surface area contributed by atoms with Gasteiger partial charge in [-0.3, -0.25) is 4.79 Å². The number of aliphatic carboxylic acids is 1. The van der Waals surface area contributed by atoms with Gasteiger partial charge in [-0.2, -0.15) is 0 Å². The van der Waals surface area contributed by atoms with Gasteiger partial charge in [0.25, 0.3) is 0 Å². The Kier molecular flexibility index (Phi) is 6.96. The van der Waals surface area contributed by atoms with Gasteiger partial charge in [-0.1, -0.05) is 20.8 Å². The number of alkyl halides is 1. The molecule has 0 saturated heterocycles. The smallest absolute Gasteiger partial charge is 0.309 e. The van der Waals surface area contributed by atoms with E-state index in [1.165, 1.54) is 6.92 Å². The van der Waals surface area contributed by atoms with Crippen LogP contribution < -0.4 is 0 Å². The molecule has 0 aliphatic heterocycles. The summed E-state index contributed by atoms with van der Waals surface area (Å²) in [6.45, 7) is 8.10. The minimum Gasteiger partial charge on any atom is -0.481 e. The Hall–Kier alpha value is -0.720. The van der Waals surface area contributed by atoms with Crippen molar-refractivity contribution < 1.29 is 29.6 Å². The fourth-order valence-electron chi connectivity index (χ4n) is 9.16. The van der Waals surface area contributed by atoms with Gasteiger partial charge in [-0.25, -0.2) is 4.39 Å². The second kappa shape index (κ2) is 9.05. The third-order valence-corrected chi connectivity index (χ3v) is 11.4. The molecule has 4 fully saturated rings. The van der Waals surface area contributed by atoms with Crippen molar-refractivity contribution in [2.75, 3.05) is 0 Å². The molecule has 0 heterocycles. The number of rotatable bonds is 6. The largest absolute Gasteiger partial charge is 0.481 e. The van der Waals surface area contributed by atoms with Crippen molar-refractivity contribution in [1.82, 2.24) is 0 Å². The molecular weight excluding hydrogens is 423 g/mol. The molecular formula is C27H45FO5. The zero-order chi connectivity index (χ0) is 24.3. The van der Waals surface area contributed by atoms with Crippen molar-refractivity contribution in [3.05, 3.63) is 0 Å². The number of hydrogen-bond acceptors (Lipinski definition) is 4. The van der Waals surface area contributed by atoms with E-state index in [1.807, 2.05) is 0 Å². The summed E-state index contributed by atoms with van der Waals surface area (Å²) in [4.78, 5) is 11.1. The predicted octanol–water partition coefficient (Wildman–Crippen LogP) is 4.42. The number of halogens is 1. The number of aliphatic hydroxyl groups is 3. The predicted molar refractivity (Wildman–Crippen MR) is 124 cm³/mol. The van der Waals surface area contributed by atoms with E-state index in [9.17, 15) is 24.5 Å². The van der Waals surface area contributed by atoms with Crippen molar-refractivity contribution >= 4 is 5.97 Å². The molecule has 190 valence electrons. The summed E-state index contributed by atoms with van der Waals surface area (Å²) in [5.74, 6) is -0.646. The number of carboxylic acid groups (broad SMARTS) is 1. The van der Waals surface area contributed by atoms with Crippen LogP contribution in [0.3, 0.4) is 0 Å². The third kappa shape index (κ3) is 4.06. The van der Waals surface area contributed by atoms with E-state index in [0.29, 0.717) is 18.8 Å². The maximum Gasteiger partial charge on any atom is 0.309 e. The van der Waals surface area contributed by atoms with Gasteiger partial charge < -0.3 is 20.4 Å². The normalized spacial score (nSPS) is 49.9. The van der Waals surface area contributed by atoms with E-state index >= 15 is 0 Å². The minimum absolute atomic E-state index is 0.0591. The average Bonchev–Trinajstić information content (AvgIpc) is 3.11. The van der Waals surface area contributed by atoms with Crippen LogP contribution in [0.25, 0.3) is 0 Å². The first-order chi connectivity index (χ1) is 15.4. The molecule has 0 bridgehead atoms. The molecule has 0 spiro atoms. The van der Waals surface area contributed by atoms with Gasteiger partial charge in [0.2, 0.25) is 0 Å². The van der Waals surface area contributed by atoms with E-state index in [1.54, 1.807) is 0 Å². The lowest BCUT2D eigenvalue weighted by Crippen LogP contribution is -2.62. The summed E-state index contributed by atoms with van der Waals surface area (Å²) < 4.78 is 14.4. The number of hydrogen-bond donors (Lipinski definition) is 4. The van der Waals surface area contributed by atoms with E-state index in [4.69, 9.17) is 5.11 Å². The van der Waals surface area contributed by atoms with Crippen LogP contribution in [0, 0.1) is 52.3 Å². The number of carboxylic acids is 1. The molecule has 33 heavy (non-hydrogen) atoms. The molecule has 0 aromatic carbocycles. The lowest BCUT2D eigenvalue weighted by atomic mass is 9.43. The Morgan fingerprint density at radius 2 is 1.70 bits per heavy atom. The number of carbonyl (C=O) groups is 1. The van der Waals surface area contributed by atoms with Crippen molar-refractivity contribution in [2.45, 2.75) is 110 Å². The van der Waals surface area contributed by atoms with E-state index in [0.717, 1.165) is 38.5 Å². The molecule has 4 rings (SSSR count). The van der Waals surface area contributed by atoms with Gasteiger partial charge in [0.05, 0.1) is 24.2 Å². The first-order valence-corrected chi connectivity index (χ1v) is 13.3. The summed E-state index contributed by atoms with van der Waals surface area (Å²) in [7, 11) is 0. The van der Waals surface area contributed by atoms with Gasteiger partial charge in [-0.15, -0.1) is 0 Å². The Bertz CT molecular complexity index is 731. The molecule has 13 atom stereocenters. The molecule has 4 N–H and O–H groups in total. The van der Waals surface area contributed by atoms with Crippen LogP contribution in [0.1, 0.15) is 85.5 Å². The SMILES string of the molecule is C[C@H](CC[C@H](F)[C@H](C)C(=O)O)[C@H]1CC[C@H]2[C@@H]3[C@H](O)C[C@@H]4C[C@H](O)CC[C@]4(C)[C@H]3C[C@H](O)[C@]12C. The van der Waals surface area contributed by atoms with E-state index < -0.39 is 30.3 Å². The fraction of sp³-hybridized carbons (Fsp3) is 0.963. The van der Waals surface area contributed by atoms with Crippen molar-refractivity contribution in [2.24, 2.45) is 52.3 Å². The van der Waals surface area contributed by atoms with Crippen LogP contribution in [-0.2, 0) is 4.79 Å². The molecule has 4 saturated carbocycles. The van der Waals surface area contributed by atoms with Crippen molar-refractivity contribution in [3.8, 4) is 0 Å². The highest BCUT2D eigenvalue weighted by Gasteiger charge is 2.65. The molecule has 0 aromatic heterocycles. The third-order valence-electron chi connectivity index (χ3n) is 11.4. The monoisotopic (exact) mass is 468 g/mol.